The third kappa shape index (κ3) is 1.98. The van der Waals surface area contributed by atoms with Crippen LogP contribution in [-0.4, -0.2) is 33.3 Å². The van der Waals surface area contributed by atoms with E-state index in [0.29, 0.717) is 24.0 Å². The molecule has 0 aliphatic carbocycles. The van der Waals surface area contributed by atoms with Crippen LogP contribution >= 0.6 is 15.9 Å². The van der Waals surface area contributed by atoms with E-state index in [2.05, 4.69) is 39.9 Å². The van der Waals surface area contributed by atoms with Gasteiger partial charge in [0.1, 0.15) is 12.4 Å². The molecule has 3 heterocycles. The highest BCUT2D eigenvalue weighted by molar-refractivity contribution is 9.10. The lowest BCUT2D eigenvalue weighted by Crippen LogP contribution is -2.37. The number of fused-ring (bicyclic) bond motifs is 1. The van der Waals surface area contributed by atoms with Crippen LogP contribution in [0.4, 0.5) is 10.6 Å². The average molecular weight is 325 g/mol. The number of hydrogen-bond donors (Lipinski definition) is 0. The molecule has 0 aromatic carbocycles. The lowest BCUT2D eigenvalue weighted by molar-refractivity contribution is 0.177. The zero-order valence-corrected chi connectivity index (χ0v) is 12.2. The maximum Gasteiger partial charge on any atom is 0.415 e. The van der Waals surface area contributed by atoms with Crippen LogP contribution in [0.5, 0.6) is 0 Å². The minimum Gasteiger partial charge on any atom is -0.447 e. The zero-order chi connectivity index (χ0) is 13.6. The summed E-state index contributed by atoms with van der Waals surface area (Å²) in [6, 6.07) is 1.79. The molecule has 1 amide bonds. The van der Waals surface area contributed by atoms with Crippen LogP contribution < -0.4 is 4.90 Å². The van der Waals surface area contributed by atoms with Crippen molar-refractivity contribution in [3.05, 3.63) is 22.9 Å². The molecular formula is C12H13BrN4O2. The van der Waals surface area contributed by atoms with E-state index in [1.54, 1.807) is 27.9 Å². The average Bonchev–Trinajstić information content (AvgIpc) is 2.93. The van der Waals surface area contributed by atoms with Gasteiger partial charge in [0.2, 0.25) is 0 Å². The van der Waals surface area contributed by atoms with Gasteiger partial charge in [-0.2, -0.15) is 5.10 Å². The summed E-state index contributed by atoms with van der Waals surface area (Å²) in [5, 5.41) is 4.13. The molecule has 1 fully saturated rings. The van der Waals surface area contributed by atoms with E-state index in [1.165, 1.54) is 0 Å². The second-order valence-corrected chi connectivity index (χ2v) is 5.66. The van der Waals surface area contributed by atoms with Crippen molar-refractivity contribution in [2.24, 2.45) is 5.92 Å². The van der Waals surface area contributed by atoms with Crippen molar-refractivity contribution < 1.29 is 9.53 Å². The fraction of sp³-hybridized carbons (Fsp3) is 0.417. The predicted molar refractivity (Wildman–Crippen MR) is 73.1 cm³/mol. The summed E-state index contributed by atoms with van der Waals surface area (Å²) >= 11 is 3.39. The molecule has 1 aliphatic heterocycles. The molecule has 0 radical (unpaired) electrons. The SMILES string of the molecule is CC(C)[C@H]1COC(=O)N1c1ccn2ncc(Br)c2n1. The summed E-state index contributed by atoms with van der Waals surface area (Å²) in [6.45, 7) is 4.53. The molecule has 1 aliphatic rings. The highest BCUT2D eigenvalue weighted by atomic mass is 79.9. The Morgan fingerprint density at radius 2 is 2.32 bits per heavy atom. The van der Waals surface area contributed by atoms with Crippen molar-refractivity contribution in [1.82, 2.24) is 14.6 Å². The van der Waals surface area contributed by atoms with Crippen LogP contribution in [0.2, 0.25) is 0 Å². The summed E-state index contributed by atoms with van der Waals surface area (Å²) in [5.74, 6) is 0.896. The summed E-state index contributed by atoms with van der Waals surface area (Å²) in [5.41, 5.74) is 0.680. The Kier molecular flexibility index (Phi) is 2.93. The van der Waals surface area contributed by atoms with E-state index in [1.807, 2.05) is 0 Å². The van der Waals surface area contributed by atoms with Crippen molar-refractivity contribution in [3.63, 3.8) is 0 Å². The molecule has 0 spiro atoms. The Morgan fingerprint density at radius 1 is 1.53 bits per heavy atom. The molecule has 0 unspecified atom stereocenters. The Morgan fingerprint density at radius 3 is 3.05 bits per heavy atom. The van der Waals surface area contributed by atoms with Crippen molar-refractivity contribution in [3.8, 4) is 0 Å². The molecule has 7 heteroatoms. The minimum absolute atomic E-state index is 0.0177. The monoisotopic (exact) mass is 324 g/mol. The fourth-order valence-electron chi connectivity index (χ4n) is 2.16. The summed E-state index contributed by atoms with van der Waals surface area (Å²) in [7, 11) is 0. The van der Waals surface area contributed by atoms with Gasteiger partial charge in [0.25, 0.3) is 0 Å². The molecule has 6 nitrogen and oxygen atoms in total. The number of rotatable bonds is 2. The Labute approximate surface area is 118 Å². The van der Waals surface area contributed by atoms with Gasteiger partial charge in [0, 0.05) is 6.20 Å². The van der Waals surface area contributed by atoms with E-state index in [-0.39, 0.29) is 12.1 Å². The molecule has 19 heavy (non-hydrogen) atoms. The second-order valence-electron chi connectivity index (χ2n) is 4.80. The Hall–Kier alpha value is -1.63. The number of ether oxygens (including phenoxy) is 1. The summed E-state index contributed by atoms with van der Waals surface area (Å²) in [6.07, 6.45) is 3.12. The van der Waals surface area contributed by atoms with Gasteiger partial charge in [-0.3, -0.25) is 4.90 Å². The van der Waals surface area contributed by atoms with Gasteiger partial charge in [-0.15, -0.1) is 0 Å². The van der Waals surface area contributed by atoms with E-state index in [9.17, 15) is 4.79 Å². The number of amides is 1. The van der Waals surface area contributed by atoms with Crippen molar-refractivity contribution in [1.29, 1.82) is 0 Å². The van der Waals surface area contributed by atoms with Gasteiger partial charge >= 0.3 is 6.09 Å². The van der Waals surface area contributed by atoms with E-state index in [0.717, 1.165) is 4.47 Å². The lowest BCUT2D eigenvalue weighted by atomic mass is 10.0. The van der Waals surface area contributed by atoms with Gasteiger partial charge in [-0.05, 0) is 27.9 Å². The van der Waals surface area contributed by atoms with Crippen LogP contribution in [0, 0.1) is 5.92 Å². The van der Waals surface area contributed by atoms with Crippen LogP contribution in [0.1, 0.15) is 13.8 Å². The van der Waals surface area contributed by atoms with Gasteiger partial charge in [0.15, 0.2) is 5.65 Å². The third-order valence-electron chi connectivity index (χ3n) is 3.23. The number of carbonyl (C=O) groups is 1. The van der Waals surface area contributed by atoms with Gasteiger partial charge in [-0.25, -0.2) is 14.3 Å². The third-order valence-corrected chi connectivity index (χ3v) is 3.79. The molecule has 2 aromatic heterocycles. The van der Waals surface area contributed by atoms with Crippen LogP contribution in [0.3, 0.4) is 0 Å². The van der Waals surface area contributed by atoms with Crippen LogP contribution in [0.25, 0.3) is 5.65 Å². The molecule has 2 aromatic rings. The fourth-order valence-corrected chi connectivity index (χ4v) is 2.52. The molecule has 100 valence electrons. The normalized spacial score (nSPS) is 19.5. The first kappa shape index (κ1) is 12.4. The van der Waals surface area contributed by atoms with Crippen molar-refractivity contribution in [2.45, 2.75) is 19.9 Å². The number of aromatic nitrogens is 3. The number of anilines is 1. The van der Waals surface area contributed by atoms with Crippen LogP contribution in [-0.2, 0) is 4.74 Å². The summed E-state index contributed by atoms with van der Waals surface area (Å²) in [4.78, 5) is 18.0. The maximum absolute atomic E-state index is 11.9. The zero-order valence-electron chi connectivity index (χ0n) is 10.6. The van der Waals surface area contributed by atoms with E-state index >= 15 is 0 Å². The standard InChI is InChI=1S/C12H13BrN4O2/c1-7(2)9-6-19-12(18)17(9)10-3-4-16-11(15-10)8(13)5-14-16/h3-5,7,9H,6H2,1-2H3/t9-/m1/s1. The number of nitrogens with zero attached hydrogens (tertiary/aromatic N) is 4. The number of cyclic esters (lactones) is 1. The minimum atomic E-state index is -0.341. The lowest BCUT2D eigenvalue weighted by Gasteiger charge is -2.23. The molecule has 1 atom stereocenters. The molecule has 3 rings (SSSR count). The smallest absolute Gasteiger partial charge is 0.415 e. The number of hydrogen-bond acceptors (Lipinski definition) is 4. The second kappa shape index (κ2) is 4.48. The molecule has 0 saturated carbocycles. The van der Waals surface area contributed by atoms with Crippen molar-refractivity contribution >= 4 is 33.5 Å². The Balaban J connectivity index is 2.06. The highest BCUT2D eigenvalue weighted by Gasteiger charge is 2.37. The summed E-state index contributed by atoms with van der Waals surface area (Å²) < 4.78 is 7.58. The molecule has 0 bridgehead atoms. The van der Waals surface area contributed by atoms with E-state index < -0.39 is 0 Å². The molecular weight excluding hydrogens is 312 g/mol. The van der Waals surface area contributed by atoms with Crippen LogP contribution in [0.15, 0.2) is 22.9 Å². The predicted octanol–water partition coefficient (Wildman–Crippen LogP) is 2.47. The largest absolute Gasteiger partial charge is 0.447 e. The maximum atomic E-state index is 11.9. The van der Waals surface area contributed by atoms with Gasteiger partial charge in [-0.1, -0.05) is 13.8 Å². The van der Waals surface area contributed by atoms with Gasteiger partial charge < -0.3 is 4.74 Å². The molecule has 1 saturated heterocycles. The molecule has 0 N–H and O–H groups in total. The van der Waals surface area contributed by atoms with E-state index in [4.69, 9.17) is 4.74 Å². The van der Waals surface area contributed by atoms with Crippen molar-refractivity contribution in [2.75, 3.05) is 11.5 Å². The first-order valence-electron chi connectivity index (χ1n) is 6.04. The highest BCUT2D eigenvalue weighted by Crippen LogP contribution is 2.27. The first-order valence-corrected chi connectivity index (χ1v) is 6.83. The van der Waals surface area contributed by atoms with Gasteiger partial charge in [0.05, 0.1) is 16.7 Å². The Bertz CT molecular complexity index is 640. The first-order chi connectivity index (χ1) is 9.08. The quantitative estimate of drug-likeness (QED) is 0.851. The number of halogens is 1. The number of carbonyl (C=O) groups excluding carboxylic acids is 1. The topological polar surface area (TPSA) is 59.7 Å².